The van der Waals surface area contributed by atoms with Gasteiger partial charge in [0, 0.05) is 6.42 Å². The van der Waals surface area contributed by atoms with E-state index in [9.17, 15) is 9.59 Å². The van der Waals surface area contributed by atoms with Crippen molar-refractivity contribution in [1.29, 1.82) is 0 Å². The molecule has 1 amide bonds. The Morgan fingerprint density at radius 2 is 1.88 bits per heavy atom. The summed E-state index contributed by atoms with van der Waals surface area (Å²) in [5.41, 5.74) is 1.93. The second-order valence-corrected chi connectivity index (χ2v) is 5.57. The number of rotatable bonds is 8. The number of hydrogen-bond donors (Lipinski definition) is 2. The predicted octanol–water partition coefficient (Wildman–Crippen LogP) is 3.10. The molecule has 2 rings (SSSR count). The van der Waals surface area contributed by atoms with Crippen molar-refractivity contribution in [2.24, 2.45) is 0 Å². The molecule has 126 valence electrons. The van der Waals surface area contributed by atoms with Crippen LogP contribution in [-0.2, 0) is 9.59 Å². The van der Waals surface area contributed by atoms with Crippen LogP contribution in [0.4, 0.5) is 0 Å². The highest BCUT2D eigenvalue weighted by atomic mass is 16.5. The Hall–Kier alpha value is -2.82. The van der Waals surface area contributed by atoms with Crippen molar-refractivity contribution in [2.75, 3.05) is 6.61 Å². The van der Waals surface area contributed by atoms with Crippen LogP contribution in [0.3, 0.4) is 0 Å². The van der Waals surface area contributed by atoms with Crippen LogP contribution in [-0.4, -0.2) is 23.6 Å². The molecular weight excluding hydrogens is 306 g/mol. The minimum atomic E-state index is -0.888. The molecule has 2 aromatic rings. The number of aliphatic carboxylic acids is 1. The highest BCUT2D eigenvalue weighted by Gasteiger charge is 2.16. The number of hydrogen-bond acceptors (Lipinski definition) is 3. The van der Waals surface area contributed by atoms with Gasteiger partial charge in [0.1, 0.15) is 5.75 Å². The third-order valence-electron chi connectivity index (χ3n) is 3.54. The number of ether oxygens (including phenoxy) is 1. The van der Waals surface area contributed by atoms with Crippen molar-refractivity contribution >= 4 is 11.9 Å². The normalized spacial score (nSPS) is 11.5. The minimum absolute atomic E-state index is 0.0153. The van der Waals surface area contributed by atoms with Gasteiger partial charge >= 0.3 is 5.97 Å². The van der Waals surface area contributed by atoms with Crippen LogP contribution in [0.5, 0.6) is 5.75 Å². The van der Waals surface area contributed by atoms with Crippen molar-refractivity contribution in [3.8, 4) is 5.75 Å². The average molecular weight is 327 g/mol. The zero-order chi connectivity index (χ0) is 17.4. The van der Waals surface area contributed by atoms with E-state index in [1.54, 1.807) is 6.07 Å². The van der Waals surface area contributed by atoms with Gasteiger partial charge in [-0.2, -0.15) is 0 Å². The van der Waals surface area contributed by atoms with Gasteiger partial charge in [-0.25, -0.2) is 0 Å². The number of carboxylic acid groups (broad SMARTS) is 1. The summed E-state index contributed by atoms with van der Waals surface area (Å²) in [6.07, 6.45) is 0.314. The molecule has 0 spiro atoms. The van der Waals surface area contributed by atoms with E-state index in [2.05, 4.69) is 5.32 Å². The molecule has 0 aromatic heterocycles. The second kappa shape index (κ2) is 8.72. The Morgan fingerprint density at radius 1 is 1.12 bits per heavy atom. The predicted molar refractivity (Wildman–Crippen MR) is 90.9 cm³/mol. The lowest BCUT2D eigenvalue weighted by Crippen LogP contribution is -2.33. The second-order valence-electron chi connectivity index (χ2n) is 5.57. The van der Waals surface area contributed by atoms with Crippen LogP contribution >= 0.6 is 0 Å². The fourth-order valence-electron chi connectivity index (χ4n) is 2.37. The van der Waals surface area contributed by atoms with Gasteiger partial charge in [0.25, 0.3) is 5.91 Å². The molecule has 5 heteroatoms. The van der Waals surface area contributed by atoms with Crippen LogP contribution in [0.1, 0.15) is 30.0 Å². The summed E-state index contributed by atoms with van der Waals surface area (Å²) in [5.74, 6) is -0.538. The van der Waals surface area contributed by atoms with E-state index >= 15 is 0 Å². The summed E-state index contributed by atoms with van der Waals surface area (Å²) < 4.78 is 5.48. The SMILES string of the molecule is Cc1cccc(OCC(=O)NC(CCC(=O)O)c2ccccc2)c1. The molecule has 2 aromatic carbocycles. The maximum absolute atomic E-state index is 12.1. The van der Waals surface area contributed by atoms with Crippen LogP contribution in [0.2, 0.25) is 0 Å². The van der Waals surface area contributed by atoms with Crippen molar-refractivity contribution in [2.45, 2.75) is 25.8 Å². The molecule has 0 saturated carbocycles. The fourth-order valence-corrected chi connectivity index (χ4v) is 2.37. The first-order valence-electron chi connectivity index (χ1n) is 7.80. The Labute approximate surface area is 141 Å². The summed E-state index contributed by atoms with van der Waals surface area (Å²) >= 11 is 0. The van der Waals surface area contributed by atoms with Crippen molar-refractivity contribution in [3.05, 3.63) is 65.7 Å². The Kier molecular flexibility index (Phi) is 6.37. The zero-order valence-electron chi connectivity index (χ0n) is 13.6. The van der Waals surface area contributed by atoms with Crippen molar-refractivity contribution in [3.63, 3.8) is 0 Å². The summed E-state index contributed by atoms with van der Waals surface area (Å²) in [5, 5.41) is 11.7. The lowest BCUT2D eigenvalue weighted by Gasteiger charge is -2.18. The molecule has 2 N–H and O–H groups in total. The van der Waals surface area contributed by atoms with E-state index in [4.69, 9.17) is 9.84 Å². The third-order valence-corrected chi connectivity index (χ3v) is 3.54. The zero-order valence-corrected chi connectivity index (χ0v) is 13.6. The van der Waals surface area contributed by atoms with Crippen LogP contribution in [0, 0.1) is 6.92 Å². The third kappa shape index (κ3) is 5.76. The number of carbonyl (C=O) groups excluding carboxylic acids is 1. The van der Waals surface area contributed by atoms with E-state index in [-0.39, 0.29) is 25.0 Å². The topological polar surface area (TPSA) is 75.6 Å². The van der Waals surface area contributed by atoms with Gasteiger partial charge in [0.05, 0.1) is 6.04 Å². The van der Waals surface area contributed by atoms with Crippen LogP contribution in [0.25, 0.3) is 0 Å². The molecule has 5 nitrogen and oxygen atoms in total. The number of aryl methyl sites for hydroxylation is 1. The monoisotopic (exact) mass is 327 g/mol. The van der Waals surface area contributed by atoms with Crippen molar-refractivity contribution < 1.29 is 19.4 Å². The molecule has 24 heavy (non-hydrogen) atoms. The number of amides is 1. The van der Waals surface area contributed by atoms with E-state index < -0.39 is 5.97 Å². The fraction of sp³-hybridized carbons (Fsp3) is 0.263. The molecule has 0 aliphatic rings. The molecule has 0 bridgehead atoms. The van der Waals surface area contributed by atoms with Gasteiger partial charge in [-0.1, -0.05) is 42.5 Å². The van der Waals surface area contributed by atoms with Crippen molar-refractivity contribution in [1.82, 2.24) is 5.32 Å². The smallest absolute Gasteiger partial charge is 0.303 e. The molecule has 0 radical (unpaired) electrons. The minimum Gasteiger partial charge on any atom is -0.484 e. The largest absolute Gasteiger partial charge is 0.484 e. The van der Waals surface area contributed by atoms with E-state index in [0.717, 1.165) is 11.1 Å². The maximum Gasteiger partial charge on any atom is 0.303 e. The van der Waals surface area contributed by atoms with Gasteiger partial charge in [-0.3, -0.25) is 9.59 Å². The van der Waals surface area contributed by atoms with E-state index in [1.165, 1.54) is 0 Å². The first-order chi connectivity index (χ1) is 11.5. The molecule has 0 aliphatic heterocycles. The molecule has 0 aliphatic carbocycles. The molecule has 1 unspecified atom stereocenters. The first kappa shape index (κ1) is 17.5. The number of carboxylic acids is 1. The van der Waals surface area contributed by atoms with Gasteiger partial charge in [0.2, 0.25) is 0 Å². The van der Waals surface area contributed by atoms with Gasteiger partial charge in [-0.15, -0.1) is 0 Å². The maximum atomic E-state index is 12.1. The van der Waals surface area contributed by atoms with E-state index in [0.29, 0.717) is 12.2 Å². The molecular formula is C19H21NO4. The molecule has 1 atom stereocenters. The lowest BCUT2D eigenvalue weighted by molar-refractivity contribution is -0.137. The Balaban J connectivity index is 1.95. The standard InChI is InChI=1S/C19H21NO4/c1-14-6-5-9-16(12-14)24-13-18(21)20-17(10-11-19(22)23)15-7-3-2-4-8-15/h2-9,12,17H,10-11,13H2,1H3,(H,20,21)(H,22,23). The molecule has 0 heterocycles. The van der Waals surface area contributed by atoms with Crippen LogP contribution in [0.15, 0.2) is 54.6 Å². The molecule has 0 fully saturated rings. The highest BCUT2D eigenvalue weighted by Crippen LogP contribution is 2.18. The summed E-state index contributed by atoms with van der Waals surface area (Å²) in [4.78, 5) is 23.0. The Bertz CT molecular complexity index is 685. The Morgan fingerprint density at radius 3 is 2.54 bits per heavy atom. The first-order valence-corrected chi connectivity index (χ1v) is 7.80. The van der Waals surface area contributed by atoms with Gasteiger partial charge < -0.3 is 15.2 Å². The lowest BCUT2D eigenvalue weighted by atomic mass is 10.0. The summed E-state index contributed by atoms with van der Waals surface area (Å²) in [6.45, 7) is 1.84. The molecule has 0 saturated heterocycles. The van der Waals surface area contributed by atoms with E-state index in [1.807, 2.05) is 55.5 Å². The summed E-state index contributed by atoms with van der Waals surface area (Å²) in [6, 6.07) is 16.4. The number of benzene rings is 2. The quantitative estimate of drug-likeness (QED) is 0.781. The number of nitrogens with one attached hydrogen (secondary N) is 1. The summed E-state index contributed by atoms with van der Waals surface area (Å²) in [7, 11) is 0. The number of carbonyl (C=O) groups is 2. The average Bonchev–Trinajstić information content (AvgIpc) is 2.57. The van der Waals surface area contributed by atoms with Crippen LogP contribution < -0.4 is 10.1 Å². The van der Waals surface area contributed by atoms with Gasteiger partial charge in [0.15, 0.2) is 6.61 Å². The van der Waals surface area contributed by atoms with Gasteiger partial charge in [-0.05, 0) is 36.6 Å². The highest BCUT2D eigenvalue weighted by molar-refractivity contribution is 5.78.